The van der Waals surface area contributed by atoms with Gasteiger partial charge in [0.25, 0.3) is 0 Å². The average Bonchev–Trinajstić information content (AvgIpc) is 1.56. The van der Waals surface area contributed by atoms with E-state index in [1.165, 1.54) is 65.8 Å². The number of aromatic nitrogens is 1. The summed E-state index contributed by atoms with van der Waals surface area (Å²) in [7, 11) is 37.9. The number of benzene rings is 12. The first-order valence-corrected chi connectivity index (χ1v) is 31.6. The van der Waals surface area contributed by atoms with Crippen LogP contribution in [0.5, 0.6) is 0 Å². The third-order valence-electron chi connectivity index (χ3n) is 17.0. The predicted octanol–water partition coefficient (Wildman–Crippen LogP) is 17.9. The highest BCUT2D eigenvalue weighted by atomic mass is 79.9. The van der Waals surface area contributed by atoms with Crippen LogP contribution in [0.4, 0.5) is 4.39 Å². The van der Waals surface area contributed by atoms with E-state index in [2.05, 4.69) is 231 Å². The molecule has 1 aliphatic carbocycles. The van der Waals surface area contributed by atoms with Crippen LogP contribution in [-0.2, 0) is 6.42 Å². The maximum absolute atomic E-state index is 14.4. The first-order chi connectivity index (χ1) is 44.4. The molecule has 0 saturated carbocycles. The van der Waals surface area contributed by atoms with E-state index in [9.17, 15) is 4.39 Å². The number of hydrogen-bond acceptors (Lipinski definition) is 2. The molecule has 3 aromatic heterocycles. The summed E-state index contributed by atoms with van der Waals surface area (Å²) < 4.78 is 31.6. The van der Waals surface area contributed by atoms with Crippen molar-refractivity contribution >= 4 is 184 Å². The van der Waals surface area contributed by atoms with E-state index in [-0.39, 0.29) is 13.2 Å². The number of para-hydroxylation sites is 3. The summed E-state index contributed by atoms with van der Waals surface area (Å²) in [6.07, 6.45) is -2.15. The third kappa shape index (κ3) is 12.3. The van der Waals surface area contributed by atoms with E-state index in [1.807, 2.05) is 66.7 Å². The molecule has 1 aliphatic rings. The van der Waals surface area contributed by atoms with Gasteiger partial charge in [-0.15, -0.1) is 0 Å². The zero-order valence-corrected chi connectivity index (χ0v) is 52.6. The molecule has 14 radical (unpaired) electrons. The Bertz CT molecular complexity index is 5130. The molecule has 3 heterocycles. The van der Waals surface area contributed by atoms with Gasteiger partial charge in [0, 0.05) is 127 Å². The van der Waals surface area contributed by atoms with Gasteiger partial charge >= 0.3 is 0 Å². The minimum Gasteiger partial charge on any atom is -0.454 e. The zero-order chi connectivity index (χ0) is 62.9. The summed E-state index contributed by atoms with van der Waals surface area (Å²) in [6, 6.07) is 91.7. The lowest BCUT2D eigenvalue weighted by molar-refractivity contribution is 0.584. The van der Waals surface area contributed by atoms with Crippen LogP contribution in [0.2, 0.25) is 0 Å². The maximum Gasteiger partial charge on any atom is 0.171 e. The van der Waals surface area contributed by atoms with E-state index in [0.717, 1.165) is 82.6 Å². The Morgan fingerprint density at radius 3 is 1.38 bits per heavy atom. The molecule has 15 aromatic rings. The Morgan fingerprint density at radius 2 is 0.804 bits per heavy atom. The predicted molar refractivity (Wildman–Crippen MR) is 409 cm³/mol. The van der Waals surface area contributed by atoms with E-state index in [4.69, 9.17) is 63.0 Å². The minimum absolute atomic E-state index is 0. The van der Waals surface area contributed by atoms with Crippen LogP contribution >= 0.6 is 31.9 Å². The zero-order valence-electron chi connectivity index (χ0n) is 49.4. The summed E-state index contributed by atoms with van der Waals surface area (Å²) in [5.41, 5.74) is 20.8. The molecule has 0 unspecified atom stereocenters. The van der Waals surface area contributed by atoms with E-state index in [0.29, 0.717) is 11.2 Å². The summed E-state index contributed by atoms with van der Waals surface area (Å²) in [4.78, 5) is 0. The van der Waals surface area contributed by atoms with Gasteiger partial charge in [0.1, 0.15) is 11.2 Å². The van der Waals surface area contributed by atoms with Gasteiger partial charge in [-0.25, -0.2) is 4.39 Å². The van der Waals surface area contributed by atoms with Gasteiger partial charge in [0.15, 0.2) is 17.0 Å². The van der Waals surface area contributed by atoms with Crippen LogP contribution in [0.25, 0.3) is 127 Å². The molecule has 16 rings (SSSR count). The van der Waals surface area contributed by atoms with E-state index >= 15 is 0 Å². The molecule has 0 bridgehead atoms. The molecule has 12 aromatic carbocycles. The Labute approximate surface area is 565 Å². The van der Waals surface area contributed by atoms with Crippen LogP contribution in [0.3, 0.4) is 0 Å². The lowest BCUT2D eigenvalue weighted by atomic mass is 8.53. The number of rotatable bonds is 9. The molecule has 420 valence electrons. The van der Waals surface area contributed by atoms with Crippen molar-refractivity contribution in [1.82, 2.24) is 4.57 Å². The molecular weight excluding hydrogens is 1240 g/mol. The number of halogens is 3. The lowest BCUT2D eigenvalue weighted by Gasteiger charge is -2.29. The Balaban J connectivity index is 0.000000132. The quantitative estimate of drug-likeness (QED) is 0.135. The van der Waals surface area contributed by atoms with Crippen molar-refractivity contribution in [2.45, 2.75) is 13.8 Å². The minimum atomic E-state index is -0.723. The molecule has 0 N–H and O–H groups in total. The van der Waals surface area contributed by atoms with Crippen LogP contribution in [0.1, 0.15) is 18.6 Å². The van der Waals surface area contributed by atoms with Gasteiger partial charge in [0.05, 0.1) is 16.7 Å². The number of nitrogens with zero attached hydrogens (tertiary/aromatic N) is 1. The van der Waals surface area contributed by atoms with E-state index in [1.54, 1.807) is 0 Å². The molecule has 18 heteroatoms. The van der Waals surface area contributed by atoms with Gasteiger partial charge < -0.3 is 13.4 Å². The fourth-order valence-corrected chi connectivity index (χ4v) is 14.0. The monoisotopic (exact) mass is 1290 g/mol. The van der Waals surface area contributed by atoms with Crippen molar-refractivity contribution in [2.75, 3.05) is 0 Å². The summed E-state index contributed by atoms with van der Waals surface area (Å²) in [6.45, 7) is 0. The molecule has 0 amide bonds. The maximum atomic E-state index is 14.4. The lowest BCUT2D eigenvalue weighted by Crippen LogP contribution is -2.67. The van der Waals surface area contributed by atoms with Gasteiger partial charge in [-0.2, -0.15) is 0 Å². The number of hydrogen-bond donors (Lipinski definition) is 0. The van der Waals surface area contributed by atoms with Crippen molar-refractivity contribution in [2.24, 2.45) is 0 Å². The highest BCUT2D eigenvalue weighted by Gasteiger charge is 2.30. The average molecular weight is 1290 g/mol. The number of furan rings is 2. The SMILES string of the molecule is Brc1cccc2c1-c1ccccc1C2.Brc1cccc2c1c1ccccc1n2-c1ccc(-c2ccccc2-c2ccccc2)c2c1oc1ccccc12.C.Fc1ccc(-c2ccccc2-c2ccccc2)c2c1oc1ccccc12.[B]B([B])B([B])B(B([B])[B])B([B])[B]. The number of fused-ring (bicyclic) bond motifs is 12. The van der Waals surface area contributed by atoms with E-state index < -0.39 is 31.9 Å². The second-order valence-electron chi connectivity index (χ2n) is 22.6. The van der Waals surface area contributed by atoms with Gasteiger partial charge in [0.2, 0.25) is 0 Å². The Kier molecular flexibility index (Phi) is 19.4. The summed E-state index contributed by atoms with van der Waals surface area (Å²) in [5.74, 6) is -0.336. The highest BCUT2D eigenvalue weighted by Crippen LogP contribution is 2.47. The second-order valence-corrected chi connectivity index (χ2v) is 24.3. The van der Waals surface area contributed by atoms with Crippen LogP contribution in [0.15, 0.2) is 285 Å². The van der Waals surface area contributed by atoms with Crippen LogP contribution in [-0.4, -0.2) is 90.7 Å². The fraction of sp³-hybridized carbons (Fsp3) is 0.0270. The smallest absolute Gasteiger partial charge is 0.171 e. The summed E-state index contributed by atoms with van der Waals surface area (Å²) in [5, 5.41) is 6.42. The molecule has 0 spiro atoms. The van der Waals surface area contributed by atoms with Crippen LogP contribution < -0.4 is 0 Å². The first kappa shape index (κ1) is 63.8. The Hall–Kier alpha value is -8.29. The first-order valence-electron chi connectivity index (χ1n) is 30.0. The molecule has 0 fully saturated rings. The van der Waals surface area contributed by atoms with Crippen molar-refractivity contribution in [1.29, 1.82) is 0 Å². The van der Waals surface area contributed by atoms with Crippen LogP contribution in [0, 0.1) is 5.82 Å². The van der Waals surface area contributed by atoms with Gasteiger partial charge in [-0.05, 0) is 122 Å². The molecule has 0 aliphatic heterocycles. The normalized spacial score (nSPS) is 11.2. The molecular formula is C74H50B12Br2FNO2. The van der Waals surface area contributed by atoms with Crippen molar-refractivity contribution in [3.63, 3.8) is 0 Å². The van der Waals surface area contributed by atoms with Crippen molar-refractivity contribution in [3.05, 3.63) is 293 Å². The van der Waals surface area contributed by atoms with Crippen molar-refractivity contribution < 1.29 is 13.2 Å². The van der Waals surface area contributed by atoms with Gasteiger partial charge in [-0.1, -0.05) is 258 Å². The Morgan fingerprint density at radius 1 is 0.359 bits per heavy atom. The molecule has 3 nitrogen and oxygen atoms in total. The second kappa shape index (κ2) is 27.9. The molecule has 0 saturated heterocycles. The molecule has 92 heavy (non-hydrogen) atoms. The fourth-order valence-electron chi connectivity index (χ4n) is 12.8. The molecule has 0 atom stereocenters. The third-order valence-corrected chi connectivity index (χ3v) is 18.3. The largest absolute Gasteiger partial charge is 0.454 e. The standard InChI is InChI=1S/C36H22BrNO.C24H15FO.C13H9Br.CH4.B12/c37-29-17-10-19-31-35(29)27-15-6-8-18-30(27)38(31)32-22-21-26(34-28-16-7-9-20-33(28)39-36(32)34)25-14-5-4-13-24(25)23-11-2-1-3-12-23;25-21-15-14-19(23-20-12-6-7-13-22(20)26-24(21)23)18-11-5-4-10-17(18)16-8-2-1-3-9-16;14-12-7-3-5-10-8-9-4-1-2-6-11(9)13(10)12;;1-8(2)11(7)12(9(3)4)10(5)6/h1-22H;1-15H;1-7H,8H2;1H4;. The van der Waals surface area contributed by atoms with Gasteiger partial charge in [-0.3, -0.25) is 0 Å². The van der Waals surface area contributed by atoms with Crippen molar-refractivity contribution in [3.8, 4) is 61.3 Å². The summed E-state index contributed by atoms with van der Waals surface area (Å²) >= 11 is 7.43. The highest BCUT2D eigenvalue weighted by molar-refractivity contribution is 9.11. The topological polar surface area (TPSA) is 31.2 Å².